The SMILES string of the molecule is Nc1ccccc1Cc1cccc(CNC2=C(C(N)c3cc(-c4ccccc4)cc(-c4ccccc4)c3)CCC=C2)c1. The second-order valence-corrected chi connectivity index (χ2v) is 11.0. The molecule has 0 saturated carbocycles. The molecular weight excluding hydrogens is 510 g/mol. The van der Waals surface area contributed by atoms with Crippen molar-refractivity contribution in [1.29, 1.82) is 0 Å². The molecule has 0 fully saturated rings. The maximum atomic E-state index is 7.10. The minimum Gasteiger partial charge on any atom is -0.398 e. The molecule has 0 bridgehead atoms. The molecule has 0 radical (unpaired) electrons. The van der Waals surface area contributed by atoms with Gasteiger partial charge in [0, 0.05) is 17.9 Å². The normalized spacial score (nSPS) is 13.6. The number of benzene rings is 5. The fourth-order valence-corrected chi connectivity index (χ4v) is 5.77. The Hall–Kier alpha value is -4.86. The van der Waals surface area contributed by atoms with E-state index in [2.05, 4.69) is 127 Å². The van der Waals surface area contributed by atoms with E-state index in [4.69, 9.17) is 11.5 Å². The van der Waals surface area contributed by atoms with Gasteiger partial charge in [-0.05, 0) is 99.7 Å². The topological polar surface area (TPSA) is 64.1 Å². The van der Waals surface area contributed by atoms with Gasteiger partial charge >= 0.3 is 0 Å². The van der Waals surface area contributed by atoms with Gasteiger partial charge < -0.3 is 16.8 Å². The van der Waals surface area contributed by atoms with Crippen molar-refractivity contribution in [3.63, 3.8) is 0 Å². The van der Waals surface area contributed by atoms with Gasteiger partial charge in [0.15, 0.2) is 0 Å². The number of rotatable bonds is 9. The third-order valence-electron chi connectivity index (χ3n) is 8.04. The Labute approximate surface area is 249 Å². The minimum absolute atomic E-state index is 0.212. The van der Waals surface area contributed by atoms with Gasteiger partial charge in [-0.3, -0.25) is 0 Å². The summed E-state index contributed by atoms with van der Waals surface area (Å²) in [4.78, 5) is 0. The Morgan fingerprint density at radius 3 is 1.98 bits per heavy atom. The smallest absolute Gasteiger partial charge is 0.0534 e. The monoisotopic (exact) mass is 547 g/mol. The maximum absolute atomic E-state index is 7.10. The summed E-state index contributed by atoms with van der Waals surface area (Å²) in [6.45, 7) is 0.729. The molecule has 1 aliphatic rings. The number of para-hydroxylation sites is 1. The first-order valence-corrected chi connectivity index (χ1v) is 14.7. The van der Waals surface area contributed by atoms with Crippen LogP contribution in [0.3, 0.4) is 0 Å². The summed E-state index contributed by atoms with van der Waals surface area (Å²) in [5.41, 5.74) is 26.0. The van der Waals surface area contributed by atoms with Crippen molar-refractivity contribution in [2.45, 2.75) is 31.8 Å². The van der Waals surface area contributed by atoms with Crippen molar-refractivity contribution in [2.75, 3.05) is 5.73 Å². The van der Waals surface area contributed by atoms with Crippen LogP contribution in [0.2, 0.25) is 0 Å². The van der Waals surface area contributed by atoms with Gasteiger partial charge in [0.2, 0.25) is 0 Å². The lowest BCUT2D eigenvalue weighted by molar-refractivity contribution is 0.712. The number of nitrogen functional groups attached to an aromatic ring is 1. The molecule has 1 unspecified atom stereocenters. The van der Waals surface area contributed by atoms with Crippen LogP contribution in [0.25, 0.3) is 22.3 Å². The maximum Gasteiger partial charge on any atom is 0.0534 e. The van der Waals surface area contributed by atoms with Crippen LogP contribution in [-0.2, 0) is 13.0 Å². The van der Waals surface area contributed by atoms with Gasteiger partial charge in [0.05, 0.1) is 6.04 Å². The highest BCUT2D eigenvalue weighted by atomic mass is 14.9. The van der Waals surface area contributed by atoms with Crippen LogP contribution in [0.1, 0.15) is 41.1 Å². The lowest BCUT2D eigenvalue weighted by Gasteiger charge is -2.24. The van der Waals surface area contributed by atoms with Crippen LogP contribution in [0.5, 0.6) is 0 Å². The van der Waals surface area contributed by atoms with E-state index in [9.17, 15) is 0 Å². The van der Waals surface area contributed by atoms with E-state index in [-0.39, 0.29) is 6.04 Å². The molecule has 208 valence electrons. The Morgan fingerprint density at radius 2 is 1.29 bits per heavy atom. The van der Waals surface area contributed by atoms with Crippen LogP contribution in [0.15, 0.2) is 151 Å². The van der Waals surface area contributed by atoms with E-state index in [1.54, 1.807) is 0 Å². The van der Waals surface area contributed by atoms with Gasteiger partial charge in [-0.25, -0.2) is 0 Å². The number of allylic oxidation sites excluding steroid dienone is 2. The van der Waals surface area contributed by atoms with Crippen molar-refractivity contribution >= 4 is 5.69 Å². The summed E-state index contributed by atoms with van der Waals surface area (Å²) >= 11 is 0. The van der Waals surface area contributed by atoms with Crippen molar-refractivity contribution in [1.82, 2.24) is 5.32 Å². The lowest BCUT2D eigenvalue weighted by Crippen LogP contribution is -2.22. The number of nitrogens with one attached hydrogen (secondary N) is 1. The zero-order chi connectivity index (χ0) is 28.7. The summed E-state index contributed by atoms with van der Waals surface area (Å²) in [6.07, 6.45) is 7.19. The third kappa shape index (κ3) is 6.38. The van der Waals surface area contributed by atoms with Gasteiger partial charge in [-0.1, -0.05) is 109 Å². The molecule has 0 spiro atoms. The molecule has 0 aliphatic heterocycles. The highest BCUT2D eigenvalue weighted by molar-refractivity contribution is 5.74. The molecular formula is C39H37N3. The molecule has 1 aliphatic carbocycles. The van der Waals surface area contributed by atoms with Crippen LogP contribution in [0.4, 0.5) is 5.69 Å². The van der Waals surface area contributed by atoms with Crippen LogP contribution in [0, 0.1) is 0 Å². The van der Waals surface area contributed by atoms with E-state index in [0.29, 0.717) is 0 Å². The summed E-state index contributed by atoms with van der Waals surface area (Å²) in [5.74, 6) is 0. The average Bonchev–Trinajstić information content (AvgIpc) is 3.05. The van der Waals surface area contributed by atoms with Gasteiger partial charge in [-0.2, -0.15) is 0 Å². The summed E-state index contributed by atoms with van der Waals surface area (Å²) in [7, 11) is 0. The largest absolute Gasteiger partial charge is 0.398 e. The average molecular weight is 548 g/mol. The van der Waals surface area contributed by atoms with Gasteiger partial charge in [0.25, 0.3) is 0 Å². The molecule has 5 aromatic carbocycles. The summed E-state index contributed by atoms with van der Waals surface area (Å²) in [5, 5.41) is 3.72. The molecule has 0 aromatic heterocycles. The standard InChI is InChI=1S/C39H37N3/c40-37-20-9-7-18-32(37)23-28-12-11-13-29(22-28)27-42-38-21-10-8-19-36(38)39(41)35-25-33(30-14-3-1-4-15-30)24-34(26-35)31-16-5-2-6-17-31/h1-7,9-18,20-22,24-26,39,42H,8,19,23,27,40-41H2. The van der Waals surface area contributed by atoms with Crippen LogP contribution in [-0.4, -0.2) is 0 Å². The van der Waals surface area contributed by atoms with E-state index >= 15 is 0 Å². The first-order chi connectivity index (χ1) is 20.6. The minimum atomic E-state index is -0.212. The molecule has 3 heteroatoms. The predicted molar refractivity (Wildman–Crippen MR) is 177 cm³/mol. The lowest BCUT2D eigenvalue weighted by atomic mass is 9.87. The van der Waals surface area contributed by atoms with E-state index < -0.39 is 0 Å². The van der Waals surface area contributed by atoms with E-state index in [1.165, 1.54) is 39.0 Å². The van der Waals surface area contributed by atoms with Gasteiger partial charge in [-0.15, -0.1) is 0 Å². The van der Waals surface area contributed by atoms with Crippen molar-refractivity contribution in [3.05, 3.63) is 173 Å². The number of nitrogens with two attached hydrogens (primary N) is 2. The Kier molecular flexibility index (Phi) is 8.30. The Bertz CT molecular complexity index is 1660. The highest BCUT2D eigenvalue weighted by Crippen LogP contribution is 2.35. The quantitative estimate of drug-likeness (QED) is 0.162. The predicted octanol–water partition coefficient (Wildman–Crippen LogP) is 8.59. The summed E-state index contributed by atoms with van der Waals surface area (Å²) < 4.78 is 0. The van der Waals surface area contributed by atoms with E-state index in [1.807, 2.05) is 18.2 Å². The molecule has 42 heavy (non-hydrogen) atoms. The number of hydrogen-bond donors (Lipinski definition) is 3. The third-order valence-corrected chi connectivity index (χ3v) is 8.04. The van der Waals surface area contributed by atoms with Crippen LogP contribution < -0.4 is 16.8 Å². The van der Waals surface area contributed by atoms with Crippen molar-refractivity contribution in [2.24, 2.45) is 5.73 Å². The highest BCUT2D eigenvalue weighted by Gasteiger charge is 2.19. The molecule has 6 rings (SSSR count). The fraction of sp³-hybridized carbons (Fsp3) is 0.128. The van der Waals surface area contributed by atoms with Crippen molar-refractivity contribution in [3.8, 4) is 22.3 Å². The van der Waals surface area contributed by atoms with Crippen molar-refractivity contribution < 1.29 is 0 Å². The first kappa shape index (κ1) is 27.3. The zero-order valence-corrected chi connectivity index (χ0v) is 23.8. The van der Waals surface area contributed by atoms with E-state index in [0.717, 1.165) is 48.3 Å². The summed E-state index contributed by atoms with van der Waals surface area (Å²) in [6, 6.07) is 44.5. The Morgan fingerprint density at radius 1 is 0.643 bits per heavy atom. The second-order valence-electron chi connectivity index (χ2n) is 11.0. The molecule has 0 heterocycles. The Balaban J connectivity index is 1.28. The fourth-order valence-electron chi connectivity index (χ4n) is 5.77. The molecule has 0 amide bonds. The number of hydrogen-bond acceptors (Lipinski definition) is 3. The van der Waals surface area contributed by atoms with Crippen LogP contribution >= 0.6 is 0 Å². The first-order valence-electron chi connectivity index (χ1n) is 14.7. The molecule has 3 nitrogen and oxygen atoms in total. The molecule has 5 aromatic rings. The molecule has 5 N–H and O–H groups in total. The number of anilines is 1. The van der Waals surface area contributed by atoms with Gasteiger partial charge in [0.1, 0.15) is 0 Å². The molecule has 0 saturated heterocycles. The zero-order valence-electron chi connectivity index (χ0n) is 23.8. The molecule has 1 atom stereocenters. The second kappa shape index (κ2) is 12.8.